The number of amides is 1. The van der Waals surface area contributed by atoms with E-state index in [4.69, 9.17) is 4.42 Å². The van der Waals surface area contributed by atoms with Gasteiger partial charge in [0.05, 0.1) is 12.8 Å². The van der Waals surface area contributed by atoms with Gasteiger partial charge in [-0.2, -0.15) is 0 Å². The highest BCUT2D eigenvalue weighted by Crippen LogP contribution is 2.15. The first kappa shape index (κ1) is 22.9. The number of hydrogen-bond donors (Lipinski definition) is 2. The van der Waals surface area contributed by atoms with E-state index in [9.17, 15) is 4.79 Å². The Labute approximate surface area is 185 Å². The van der Waals surface area contributed by atoms with Crippen LogP contribution in [0.3, 0.4) is 0 Å². The monoisotopic (exact) mass is 425 g/mol. The summed E-state index contributed by atoms with van der Waals surface area (Å²) in [6.07, 6.45) is 2.65. The first-order chi connectivity index (χ1) is 15.0. The smallest absolute Gasteiger partial charge is 0.225 e. The number of carbonyl (C=O) groups excluding carboxylic acids is 1. The van der Waals surface area contributed by atoms with Crippen molar-refractivity contribution in [2.75, 3.05) is 27.2 Å². The molecular weight excluding hydrogens is 390 g/mol. The first-order valence-electron chi connectivity index (χ1n) is 11.0. The van der Waals surface area contributed by atoms with Crippen LogP contribution < -0.4 is 10.6 Å². The number of benzene rings is 1. The summed E-state index contributed by atoms with van der Waals surface area (Å²) < 4.78 is 5.46. The van der Waals surface area contributed by atoms with E-state index < -0.39 is 0 Å². The minimum Gasteiger partial charge on any atom is -0.468 e. The second-order valence-electron chi connectivity index (χ2n) is 8.52. The minimum absolute atomic E-state index is 0.0404. The van der Waals surface area contributed by atoms with Gasteiger partial charge in [0.25, 0.3) is 0 Å². The van der Waals surface area contributed by atoms with Crippen molar-refractivity contribution in [1.29, 1.82) is 0 Å². The highest BCUT2D eigenvalue weighted by atomic mass is 16.3. The third-order valence-corrected chi connectivity index (χ3v) is 5.57. The van der Waals surface area contributed by atoms with E-state index in [0.29, 0.717) is 6.54 Å². The quantitative estimate of drug-likeness (QED) is 0.503. The maximum Gasteiger partial charge on any atom is 0.225 e. The fourth-order valence-electron chi connectivity index (χ4n) is 3.91. The lowest BCUT2D eigenvalue weighted by atomic mass is 10.1. The normalized spacial score (nSPS) is 16.9. The molecule has 2 aromatic rings. The molecule has 1 amide bonds. The van der Waals surface area contributed by atoms with Crippen molar-refractivity contribution in [2.45, 2.75) is 45.9 Å². The number of hydrogen-bond acceptors (Lipinski definition) is 4. The summed E-state index contributed by atoms with van der Waals surface area (Å²) in [6, 6.07) is 12.6. The highest BCUT2D eigenvalue weighted by Gasteiger charge is 2.27. The molecule has 7 heteroatoms. The Bertz CT molecular complexity index is 863. The van der Waals surface area contributed by atoms with Gasteiger partial charge < -0.3 is 20.0 Å². The Kier molecular flexibility index (Phi) is 8.12. The largest absolute Gasteiger partial charge is 0.468 e. The van der Waals surface area contributed by atoms with Gasteiger partial charge >= 0.3 is 0 Å². The van der Waals surface area contributed by atoms with E-state index >= 15 is 0 Å². The molecule has 1 aliphatic rings. The molecule has 0 saturated carbocycles. The maximum atomic E-state index is 12.2. The number of nitrogens with one attached hydrogen (secondary N) is 2. The third kappa shape index (κ3) is 6.59. The van der Waals surface area contributed by atoms with Gasteiger partial charge in [-0.05, 0) is 36.7 Å². The van der Waals surface area contributed by atoms with E-state index in [-0.39, 0.29) is 17.9 Å². The SMILES string of the molecule is CN=C(NCc1ccccc1CN(C)Cc1ccco1)NC1CCN(C(=O)C(C)C)C1. The van der Waals surface area contributed by atoms with Crippen LogP contribution in [0.5, 0.6) is 0 Å². The average molecular weight is 426 g/mol. The van der Waals surface area contributed by atoms with Gasteiger partial charge in [-0.3, -0.25) is 14.7 Å². The second-order valence-corrected chi connectivity index (χ2v) is 8.52. The Morgan fingerprint density at radius 1 is 1.23 bits per heavy atom. The summed E-state index contributed by atoms with van der Waals surface area (Å²) in [7, 11) is 3.88. The van der Waals surface area contributed by atoms with Crippen LogP contribution in [-0.4, -0.2) is 54.9 Å². The van der Waals surface area contributed by atoms with Crippen molar-refractivity contribution in [3.63, 3.8) is 0 Å². The molecule has 31 heavy (non-hydrogen) atoms. The molecule has 2 heterocycles. The standard InChI is InChI=1S/C24H35N5O2/c1-18(2)23(30)29-12-11-21(16-29)27-24(25-3)26-14-19-8-5-6-9-20(19)15-28(4)17-22-10-7-13-31-22/h5-10,13,18,21H,11-12,14-17H2,1-4H3,(H2,25,26,27). The van der Waals surface area contributed by atoms with E-state index in [0.717, 1.165) is 44.3 Å². The molecule has 2 N–H and O–H groups in total. The molecule has 168 valence electrons. The predicted octanol–water partition coefficient (Wildman–Crippen LogP) is 2.83. The topological polar surface area (TPSA) is 73.1 Å². The van der Waals surface area contributed by atoms with E-state index in [1.54, 1.807) is 13.3 Å². The molecule has 1 aliphatic heterocycles. The number of aliphatic imine (C=N–C) groups is 1. The molecule has 0 spiro atoms. The Balaban J connectivity index is 1.52. The van der Waals surface area contributed by atoms with Crippen LogP contribution in [0.25, 0.3) is 0 Å². The van der Waals surface area contributed by atoms with Crippen LogP contribution in [0.15, 0.2) is 52.1 Å². The van der Waals surface area contributed by atoms with Crippen LogP contribution in [0.4, 0.5) is 0 Å². The summed E-state index contributed by atoms with van der Waals surface area (Å²) >= 11 is 0. The van der Waals surface area contributed by atoms with Crippen LogP contribution >= 0.6 is 0 Å². The zero-order valence-corrected chi connectivity index (χ0v) is 19.1. The first-order valence-corrected chi connectivity index (χ1v) is 11.0. The highest BCUT2D eigenvalue weighted by molar-refractivity contribution is 5.81. The van der Waals surface area contributed by atoms with Gasteiger partial charge in [-0.15, -0.1) is 0 Å². The number of carbonyl (C=O) groups is 1. The Hall–Kier alpha value is -2.80. The van der Waals surface area contributed by atoms with Gasteiger partial charge in [0.2, 0.25) is 5.91 Å². The third-order valence-electron chi connectivity index (χ3n) is 5.57. The second kappa shape index (κ2) is 11.0. The fraction of sp³-hybridized carbons (Fsp3) is 0.500. The van der Waals surface area contributed by atoms with Crippen molar-refractivity contribution in [2.24, 2.45) is 10.9 Å². The summed E-state index contributed by atoms with van der Waals surface area (Å²) in [4.78, 5) is 20.8. The average Bonchev–Trinajstić information content (AvgIpc) is 3.43. The molecule has 0 bridgehead atoms. The van der Waals surface area contributed by atoms with E-state index in [1.807, 2.05) is 30.9 Å². The lowest BCUT2D eigenvalue weighted by molar-refractivity contribution is -0.133. The van der Waals surface area contributed by atoms with Crippen LogP contribution in [0.2, 0.25) is 0 Å². The van der Waals surface area contributed by atoms with Gasteiger partial charge in [-0.1, -0.05) is 38.1 Å². The van der Waals surface area contributed by atoms with E-state index in [1.165, 1.54) is 11.1 Å². The molecule has 1 aromatic heterocycles. The molecule has 0 aliphatic carbocycles. The summed E-state index contributed by atoms with van der Waals surface area (Å²) in [5, 5.41) is 6.91. The summed E-state index contributed by atoms with van der Waals surface area (Å²) in [5.74, 6) is 1.99. The van der Waals surface area contributed by atoms with Crippen molar-refractivity contribution in [3.05, 3.63) is 59.5 Å². The predicted molar refractivity (Wildman–Crippen MR) is 123 cm³/mol. The molecule has 1 unspecified atom stereocenters. The molecule has 0 radical (unpaired) electrons. The Morgan fingerprint density at radius 2 is 2.00 bits per heavy atom. The molecule has 1 atom stereocenters. The summed E-state index contributed by atoms with van der Waals surface area (Å²) in [5.41, 5.74) is 2.51. The van der Waals surface area contributed by atoms with E-state index in [2.05, 4.69) is 51.8 Å². The molecular formula is C24H35N5O2. The molecule has 1 aromatic carbocycles. The lowest BCUT2D eigenvalue weighted by Crippen LogP contribution is -2.45. The zero-order chi connectivity index (χ0) is 22.2. The van der Waals surface area contributed by atoms with Crippen LogP contribution in [0, 0.1) is 5.92 Å². The number of guanidine groups is 1. The molecule has 1 fully saturated rings. The van der Waals surface area contributed by atoms with Gasteiger partial charge in [0, 0.05) is 45.2 Å². The van der Waals surface area contributed by atoms with Crippen molar-refractivity contribution in [1.82, 2.24) is 20.4 Å². The van der Waals surface area contributed by atoms with Gasteiger partial charge in [-0.25, -0.2) is 0 Å². The van der Waals surface area contributed by atoms with Crippen molar-refractivity contribution < 1.29 is 9.21 Å². The van der Waals surface area contributed by atoms with Crippen LogP contribution in [-0.2, 0) is 24.4 Å². The Morgan fingerprint density at radius 3 is 2.68 bits per heavy atom. The molecule has 7 nitrogen and oxygen atoms in total. The minimum atomic E-state index is 0.0404. The van der Waals surface area contributed by atoms with Gasteiger partial charge in [0.1, 0.15) is 5.76 Å². The maximum absolute atomic E-state index is 12.2. The van der Waals surface area contributed by atoms with Gasteiger partial charge in [0.15, 0.2) is 5.96 Å². The van der Waals surface area contributed by atoms with Crippen molar-refractivity contribution in [3.8, 4) is 0 Å². The lowest BCUT2D eigenvalue weighted by Gasteiger charge is -2.21. The number of nitrogens with zero attached hydrogens (tertiary/aromatic N) is 3. The summed E-state index contributed by atoms with van der Waals surface area (Å²) in [6.45, 7) is 7.72. The van der Waals surface area contributed by atoms with Crippen molar-refractivity contribution >= 4 is 11.9 Å². The number of likely N-dealkylation sites (tertiary alicyclic amines) is 1. The molecule has 3 rings (SSSR count). The fourth-order valence-corrected chi connectivity index (χ4v) is 3.91. The zero-order valence-electron chi connectivity index (χ0n) is 19.1. The van der Waals surface area contributed by atoms with Crippen LogP contribution in [0.1, 0.15) is 37.2 Å². The molecule has 1 saturated heterocycles. The number of furan rings is 1. The number of rotatable bonds is 8.